The van der Waals surface area contributed by atoms with Crippen LogP contribution in [0.2, 0.25) is 0 Å². The van der Waals surface area contributed by atoms with E-state index in [-0.39, 0.29) is 5.97 Å². The lowest BCUT2D eigenvalue weighted by Crippen LogP contribution is -2.02. The number of oxime groups is 1. The molecule has 1 rings (SSSR count). The van der Waals surface area contributed by atoms with Gasteiger partial charge in [0.25, 0.3) is 0 Å². The lowest BCUT2D eigenvalue weighted by Gasteiger charge is -1.98. The van der Waals surface area contributed by atoms with Crippen molar-refractivity contribution in [3.05, 3.63) is 0 Å². The van der Waals surface area contributed by atoms with Crippen LogP contribution in [0.15, 0.2) is 5.16 Å². The van der Waals surface area contributed by atoms with Crippen LogP contribution in [-0.2, 0) is 9.63 Å². The Morgan fingerprint density at radius 2 is 2.40 bits per heavy atom. The number of carbonyl (C=O) groups is 1. The molecule has 0 aromatic carbocycles. The summed E-state index contributed by atoms with van der Waals surface area (Å²) < 4.78 is 0. The van der Waals surface area contributed by atoms with Gasteiger partial charge >= 0.3 is 5.97 Å². The monoisotopic (exact) mass is 141 g/mol. The van der Waals surface area contributed by atoms with Crippen LogP contribution in [0.5, 0.6) is 0 Å². The summed E-state index contributed by atoms with van der Waals surface area (Å²) in [5.74, 6) is 0.323. The fourth-order valence-corrected chi connectivity index (χ4v) is 0.927. The molecule has 0 atom stereocenters. The van der Waals surface area contributed by atoms with Gasteiger partial charge in [-0.15, -0.1) is 0 Å². The predicted molar refractivity (Wildman–Crippen MR) is 37.6 cm³/mol. The molecule has 0 aliphatic carbocycles. The zero-order chi connectivity index (χ0) is 7.56. The van der Waals surface area contributed by atoms with Gasteiger partial charge in [-0.05, 0) is 12.3 Å². The summed E-state index contributed by atoms with van der Waals surface area (Å²) >= 11 is 0. The average Bonchev–Trinajstić information content (AvgIpc) is 2.13. The van der Waals surface area contributed by atoms with Crippen molar-refractivity contribution in [2.24, 2.45) is 11.1 Å². The summed E-state index contributed by atoms with van der Waals surface area (Å²) in [7, 11) is 0. The van der Waals surface area contributed by atoms with Crippen molar-refractivity contribution in [3.63, 3.8) is 0 Å². The average molecular weight is 141 g/mol. The Bertz CT molecular complexity index is 172. The lowest BCUT2D eigenvalue weighted by molar-refractivity contribution is -0.140. The molecule has 0 spiro atoms. The molecule has 0 bridgehead atoms. The molecule has 0 saturated carbocycles. The van der Waals surface area contributed by atoms with Gasteiger partial charge in [0.2, 0.25) is 0 Å². The minimum Gasteiger partial charge on any atom is -0.318 e. The minimum atomic E-state index is -0.226. The highest BCUT2D eigenvalue weighted by Gasteiger charge is 2.17. The first kappa shape index (κ1) is 7.25. The molecule has 0 aromatic heterocycles. The predicted octanol–water partition coefficient (Wildman–Crippen LogP) is 1.34. The van der Waals surface area contributed by atoms with Crippen LogP contribution in [0.1, 0.15) is 26.7 Å². The molecule has 0 aromatic rings. The molecule has 10 heavy (non-hydrogen) atoms. The van der Waals surface area contributed by atoms with Crippen molar-refractivity contribution in [1.29, 1.82) is 0 Å². The van der Waals surface area contributed by atoms with Crippen molar-refractivity contribution < 1.29 is 9.63 Å². The van der Waals surface area contributed by atoms with Crippen molar-refractivity contribution >= 4 is 11.7 Å². The van der Waals surface area contributed by atoms with Gasteiger partial charge < -0.3 is 4.84 Å². The third kappa shape index (κ3) is 1.83. The molecule has 0 saturated heterocycles. The molecule has 0 amide bonds. The molecule has 0 radical (unpaired) electrons. The van der Waals surface area contributed by atoms with Gasteiger partial charge in [0.05, 0.1) is 12.1 Å². The molecule has 1 heterocycles. The molecule has 56 valence electrons. The van der Waals surface area contributed by atoms with Crippen LogP contribution in [0.4, 0.5) is 0 Å². The van der Waals surface area contributed by atoms with E-state index in [0.717, 1.165) is 12.1 Å². The van der Waals surface area contributed by atoms with E-state index >= 15 is 0 Å². The second-order valence-corrected chi connectivity index (χ2v) is 2.90. The van der Waals surface area contributed by atoms with Crippen molar-refractivity contribution in [2.45, 2.75) is 26.7 Å². The first-order chi connectivity index (χ1) is 4.68. The largest absolute Gasteiger partial charge is 0.340 e. The van der Waals surface area contributed by atoms with Crippen molar-refractivity contribution in [2.75, 3.05) is 0 Å². The van der Waals surface area contributed by atoms with E-state index in [1.165, 1.54) is 0 Å². The van der Waals surface area contributed by atoms with E-state index in [1.54, 1.807) is 0 Å². The highest BCUT2D eigenvalue weighted by Crippen LogP contribution is 2.10. The van der Waals surface area contributed by atoms with E-state index < -0.39 is 0 Å². The fourth-order valence-electron chi connectivity index (χ4n) is 0.927. The van der Waals surface area contributed by atoms with Gasteiger partial charge in [-0.1, -0.05) is 19.0 Å². The van der Waals surface area contributed by atoms with Gasteiger partial charge in [0, 0.05) is 0 Å². The number of carbonyl (C=O) groups excluding carboxylic acids is 1. The molecule has 0 fully saturated rings. The molecule has 3 nitrogen and oxygen atoms in total. The lowest BCUT2D eigenvalue weighted by atomic mass is 10.1. The topological polar surface area (TPSA) is 38.7 Å². The van der Waals surface area contributed by atoms with E-state index in [1.807, 2.05) is 0 Å². The van der Waals surface area contributed by atoms with Crippen molar-refractivity contribution in [3.8, 4) is 0 Å². The zero-order valence-corrected chi connectivity index (χ0v) is 6.26. The van der Waals surface area contributed by atoms with Crippen LogP contribution < -0.4 is 0 Å². The summed E-state index contributed by atoms with van der Waals surface area (Å²) in [6, 6.07) is 0. The number of nitrogens with zero attached hydrogens (tertiary/aromatic N) is 1. The summed E-state index contributed by atoms with van der Waals surface area (Å²) in [5.41, 5.74) is 0.875. The summed E-state index contributed by atoms with van der Waals surface area (Å²) in [6.45, 7) is 4.18. The standard InChI is InChI=1S/C7H11NO2/c1-5(2)3-6-4-7(9)10-8-6/h5H,3-4H2,1-2H3. The first-order valence-electron chi connectivity index (χ1n) is 3.44. The van der Waals surface area contributed by atoms with Gasteiger partial charge in [0.1, 0.15) is 0 Å². The Morgan fingerprint density at radius 1 is 1.70 bits per heavy atom. The van der Waals surface area contributed by atoms with E-state index in [0.29, 0.717) is 12.3 Å². The summed E-state index contributed by atoms with van der Waals surface area (Å²) in [5, 5.41) is 3.62. The van der Waals surface area contributed by atoms with E-state index in [9.17, 15) is 4.79 Å². The second kappa shape index (κ2) is 2.82. The first-order valence-corrected chi connectivity index (χ1v) is 3.44. The molecule has 0 N–H and O–H groups in total. The molecular formula is C7H11NO2. The van der Waals surface area contributed by atoms with Crippen LogP contribution in [0.3, 0.4) is 0 Å². The van der Waals surface area contributed by atoms with E-state index in [2.05, 4.69) is 23.8 Å². The maximum atomic E-state index is 10.5. The third-order valence-corrected chi connectivity index (χ3v) is 1.27. The van der Waals surface area contributed by atoms with Gasteiger partial charge in [-0.25, -0.2) is 4.79 Å². The smallest absolute Gasteiger partial charge is 0.318 e. The van der Waals surface area contributed by atoms with Gasteiger partial charge in [0.15, 0.2) is 0 Å². The Kier molecular flexibility index (Phi) is 2.04. The van der Waals surface area contributed by atoms with Crippen molar-refractivity contribution in [1.82, 2.24) is 0 Å². The molecule has 1 aliphatic heterocycles. The number of hydrogen-bond acceptors (Lipinski definition) is 3. The van der Waals surface area contributed by atoms with Crippen LogP contribution in [-0.4, -0.2) is 11.7 Å². The Hall–Kier alpha value is -0.860. The Morgan fingerprint density at radius 3 is 2.80 bits per heavy atom. The van der Waals surface area contributed by atoms with Crippen LogP contribution >= 0.6 is 0 Å². The maximum Gasteiger partial charge on any atom is 0.340 e. The highest BCUT2D eigenvalue weighted by molar-refractivity contribution is 6.01. The second-order valence-electron chi connectivity index (χ2n) is 2.90. The molecule has 1 aliphatic rings. The number of hydrogen-bond donors (Lipinski definition) is 0. The van der Waals surface area contributed by atoms with Crippen LogP contribution in [0.25, 0.3) is 0 Å². The SMILES string of the molecule is CC(C)CC1=NOC(=O)C1. The molecular weight excluding hydrogens is 130 g/mol. The third-order valence-electron chi connectivity index (χ3n) is 1.27. The Balaban J connectivity index is 2.37. The normalized spacial score (nSPS) is 17.5. The van der Waals surface area contributed by atoms with Gasteiger partial charge in [-0.2, -0.15) is 0 Å². The summed E-state index contributed by atoms with van der Waals surface area (Å²) in [6.07, 6.45) is 1.25. The number of rotatable bonds is 2. The fraction of sp³-hybridized carbons (Fsp3) is 0.714. The minimum absolute atomic E-state index is 0.226. The van der Waals surface area contributed by atoms with Crippen LogP contribution in [0, 0.1) is 5.92 Å². The Labute approximate surface area is 60.0 Å². The highest BCUT2D eigenvalue weighted by atomic mass is 16.7. The zero-order valence-electron chi connectivity index (χ0n) is 6.26. The quantitative estimate of drug-likeness (QED) is 0.544. The van der Waals surface area contributed by atoms with Gasteiger partial charge in [-0.3, -0.25) is 0 Å². The molecule has 0 unspecified atom stereocenters. The maximum absolute atomic E-state index is 10.5. The van der Waals surface area contributed by atoms with E-state index in [4.69, 9.17) is 0 Å². The molecule has 3 heteroatoms. The summed E-state index contributed by atoms with van der Waals surface area (Å²) in [4.78, 5) is 14.9.